The molecule has 0 saturated carbocycles. The Labute approximate surface area is 80.9 Å². The van der Waals surface area contributed by atoms with Crippen molar-refractivity contribution in [2.24, 2.45) is 0 Å². The first-order valence-electron chi connectivity index (χ1n) is 3.18. The molecule has 0 unspecified atom stereocenters. The standard InChI is InChI=1S/C7H8Cl2SSi/c1-2-11(8,9)6-7-4-3-5-10-7/h2-5H,1,6H2. The van der Waals surface area contributed by atoms with E-state index in [-0.39, 0.29) is 0 Å². The molecule has 0 N–H and O–H groups in total. The van der Waals surface area contributed by atoms with Gasteiger partial charge in [-0.3, -0.25) is 0 Å². The van der Waals surface area contributed by atoms with Gasteiger partial charge in [0.25, 0.3) is 6.69 Å². The zero-order chi connectivity index (χ0) is 8.32. The molecule has 1 rings (SSSR count). The van der Waals surface area contributed by atoms with Crippen LogP contribution in [0.3, 0.4) is 0 Å². The molecule has 0 fully saturated rings. The maximum Gasteiger partial charge on any atom is 0.278 e. The fourth-order valence-corrected chi connectivity index (χ4v) is 4.29. The van der Waals surface area contributed by atoms with Gasteiger partial charge in [0.15, 0.2) is 0 Å². The minimum absolute atomic E-state index is 0.775. The normalized spacial score (nSPS) is 11.5. The molecule has 0 spiro atoms. The first-order chi connectivity index (χ1) is 5.14. The summed E-state index contributed by atoms with van der Waals surface area (Å²) in [4.78, 5) is 1.24. The molecule has 0 nitrogen and oxygen atoms in total. The summed E-state index contributed by atoms with van der Waals surface area (Å²) in [5, 5.41) is 2.02. The second-order valence-corrected chi connectivity index (χ2v) is 10.2. The molecule has 0 bridgehead atoms. The number of rotatable bonds is 3. The predicted octanol–water partition coefficient (Wildman–Crippen LogP) is 3.47. The van der Waals surface area contributed by atoms with Crippen LogP contribution in [-0.4, -0.2) is 6.69 Å². The Balaban J connectivity index is 2.63. The highest BCUT2D eigenvalue weighted by molar-refractivity contribution is 7.47. The van der Waals surface area contributed by atoms with Gasteiger partial charge in [-0.2, -0.15) is 0 Å². The molecule has 0 atom stereocenters. The molecule has 60 valence electrons. The lowest BCUT2D eigenvalue weighted by Crippen LogP contribution is -2.18. The highest BCUT2D eigenvalue weighted by Gasteiger charge is 2.24. The number of hydrogen-bond acceptors (Lipinski definition) is 1. The van der Waals surface area contributed by atoms with Crippen molar-refractivity contribution in [2.45, 2.75) is 6.04 Å². The Morgan fingerprint density at radius 2 is 2.36 bits per heavy atom. The van der Waals surface area contributed by atoms with E-state index < -0.39 is 6.69 Å². The van der Waals surface area contributed by atoms with Gasteiger partial charge >= 0.3 is 0 Å². The van der Waals surface area contributed by atoms with E-state index in [0.29, 0.717) is 0 Å². The van der Waals surface area contributed by atoms with E-state index in [1.807, 2.05) is 17.5 Å². The first kappa shape index (κ1) is 9.33. The van der Waals surface area contributed by atoms with Gasteiger partial charge in [-0.1, -0.05) is 11.8 Å². The molecule has 1 aromatic heterocycles. The molecule has 11 heavy (non-hydrogen) atoms. The molecule has 0 aliphatic heterocycles. The SMILES string of the molecule is C=C[Si](Cl)(Cl)Cc1cccs1. The summed E-state index contributed by atoms with van der Waals surface area (Å²) in [7, 11) is 0. The van der Waals surface area contributed by atoms with Crippen LogP contribution in [0, 0.1) is 0 Å². The van der Waals surface area contributed by atoms with Gasteiger partial charge < -0.3 is 0 Å². The van der Waals surface area contributed by atoms with Gasteiger partial charge in [0.1, 0.15) is 0 Å². The lowest BCUT2D eigenvalue weighted by atomic mass is 10.5. The van der Waals surface area contributed by atoms with Crippen LogP contribution < -0.4 is 0 Å². The van der Waals surface area contributed by atoms with E-state index in [1.165, 1.54) is 4.88 Å². The predicted molar refractivity (Wildman–Crippen MR) is 55.7 cm³/mol. The van der Waals surface area contributed by atoms with Crippen molar-refractivity contribution in [3.8, 4) is 0 Å². The Morgan fingerprint density at radius 3 is 2.82 bits per heavy atom. The van der Waals surface area contributed by atoms with E-state index in [2.05, 4.69) is 6.58 Å². The Kier molecular flexibility index (Phi) is 3.19. The number of halogens is 2. The first-order valence-corrected chi connectivity index (χ1v) is 8.36. The number of hydrogen-bond donors (Lipinski definition) is 0. The summed E-state index contributed by atoms with van der Waals surface area (Å²) < 4.78 is 0. The van der Waals surface area contributed by atoms with E-state index in [9.17, 15) is 0 Å². The Bertz CT molecular complexity index is 231. The molecule has 1 aromatic rings. The minimum atomic E-state index is -2.16. The van der Waals surface area contributed by atoms with Crippen LogP contribution in [0.1, 0.15) is 4.88 Å². The molecular weight excluding hydrogens is 215 g/mol. The van der Waals surface area contributed by atoms with Crippen molar-refractivity contribution >= 4 is 40.2 Å². The van der Waals surface area contributed by atoms with E-state index in [0.717, 1.165) is 6.04 Å². The Morgan fingerprint density at radius 1 is 1.64 bits per heavy atom. The van der Waals surface area contributed by atoms with Gasteiger partial charge in [0.2, 0.25) is 0 Å². The topological polar surface area (TPSA) is 0 Å². The van der Waals surface area contributed by atoms with Crippen molar-refractivity contribution in [2.75, 3.05) is 0 Å². The van der Waals surface area contributed by atoms with Gasteiger partial charge in [-0.25, -0.2) is 0 Å². The van der Waals surface area contributed by atoms with Crippen LogP contribution in [0.5, 0.6) is 0 Å². The summed E-state index contributed by atoms with van der Waals surface area (Å²) in [6, 6.07) is 4.82. The Hall–Kier alpha value is 0.237. The second kappa shape index (κ2) is 3.76. The molecule has 0 aliphatic carbocycles. The maximum absolute atomic E-state index is 6.01. The lowest BCUT2D eigenvalue weighted by molar-refractivity contribution is 1.49. The fourth-order valence-electron chi connectivity index (χ4n) is 0.718. The zero-order valence-corrected chi connectivity index (χ0v) is 9.22. The van der Waals surface area contributed by atoms with Gasteiger partial charge in [0, 0.05) is 10.9 Å². The molecule has 0 saturated heterocycles. The average molecular weight is 223 g/mol. The largest absolute Gasteiger partial charge is 0.278 e. The third-order valence-corrected chi connectivity index (χ3v) is 5.60. The minimum Gasteiger partial charge on any atom is -0.149 e. The van der Waals surface area contributed by atoms with Gasteiger partial charge in [0.05, 0.1) is 0 Å². The van der Waals surface area contributed by atoms with Crippen LogP contribution in [0.25, 0.3) is 0 Å². The lowest BCUT2D eigenvalue weighted by Gasteiger charge is -2.08. The van der Waals surface area contributed by atoms with Crippen LogP contribution in [0.2, 0.25) is 0 Å². The van der Waals surface area contributed by atoms with E-state index in [1.54, 1.807) is 17.0 Å². The fraction of sp³-hybridized carbons (Fsp3) is 0.143. The second-order valence-electron chi connectivity index (χ2n) is 2.22. The van der Waals surface area contributed by atoms with Crippen molar-refractivity contribution in [3.05, 3.63) is 34.7 Å². The average Bonchev–Trinajstić information content (AvgIpc) is 2.39. The molecule has 0 aliphatic rings. The molecular formula is C7H8Cl2SSi. The quantitative estimate of drug-likeness (QED) is 0.543. The third-order valence-electron chi connectivity index (χ3n) is 1.29. The van der Waals surface area contributed by atoms with Gasteiger partial charge in [-0.05, 0) is 11.4 Å². The highest BCUT2D eigenvalue weighted by atomic mass is 35.7. The van der Waals surface area contributed by atoms with E-state index in [4.69, 9.17) is 22.2 Å². The van der Waals surface area contributed by atoms with Crippen LogP contribution in [-0.2, 0) is 6.04 Å². The van der Waals surface area contributed by atoms with Crippen molar-refractivity contribution in [3.63, 3.8) is 0 Å². The van der Waals surface area contributed by atoms with Crippen LogP contribution in [0.4, 0.5) is 0 Å². The molecule has 1 heterocycles. The van der Waals surface area contributed by atoms with E-state index >= 15 is 0 Å². The molecule has 4 heteroatoms. The van der Waals surface area contributed by atoms with Gasteiger partial charge in [-0.15, -0.1) is 40.1 Å². The van der Waals surface area contributed by atoms with Crippen LogP contribution >= 0.6 is 33.5 Å². The summed E-state index contributed by atoms with van der Waals surface area (Å²) in [6.45, 7) is 1.45. The summed E-state index contributed by atoms with van der Waals surface area (Å²) in [6.07, 6.45) is 0. The van der Waals surface area contributed by atoms with Crippen molar-refractivity contribution in [1.82, 2.24) is 0 Å². The molecule has 0 amide bonds. The summed E-state index contributed by atoms with van der Waals surface area (Å²) in [5.41, 5.74) is 1.69. The smallest absolute Gasteiger partial charge is 0.149 e. The third kappa shape index (κ3) is 2.99. The summed E-state index contributed by atoms with van der Waals surface area (Å²) in [5.74, 6) is 0. The maximum atomic E-state index is 6.01. The number of thiophene rings is 1. The monoisotopic (exact) mass is 222 g/mol. The zero-order valence-electron chi connectivity index (χ0n) is 5.89. The highest BCUT2D eigenvalue weighted by Crippen LogP contribution is 2.23. The van der Waals surface area contributed by atoms with Crippen molar-refractivity contribution in [1.29, 1.82) is 0 Å². The van der Waals surface area contributed by atoms with Crippen LogP contribution in [0.15, 0.2) is 29.8 Å². The molecule has 0 radical (unpaired) electrons. The molecule has 0 aromatic carbocycles. The summed E-state index contributed by atoms with van der Waals surface area (Å²) >= 11 is 13.7. The van der Waals surface area contributed by atoms with Crippen molar-refractivity contribution < 1.29 is 0 Å².